The third-order valence-electron chi connectivity index (χ3n) is 3.62. The van der Waals surface area contributed by atoms with Crippen molar-refractivity contribution >= 4 is 0 Å². The van der Waals surface area contributed by atoms with Crippen LogP contribution in [-0.4, -0.2) is 19.5 Å². The van der Waals surface area contributed by atoms with Crippen LogP contribution < -0.4 is 0 Å². The molecule has 0 saturated carbocycles. The lowest BCUT2D eigenvalue weighted by atomic mass is 9.78. The van der Waals surface area contributed by atoms with Gasteiger partial charge in [-0.25, -0.2) is 0 Å². The molecule has 13 heavy (non-hydrogen) atoms. The Bertz CT molecular complexity index is 138. The zero-order valence-electron chi connectivity index (χ0n) is 9.41. The van der Waals surface area contributed by atoms with Gasteiger partial charge in [0.2, 0.25) is 0 Å². The number of ether oxygens (including phenoxy) is 2. The van der Waals surface area contributed by atoms with Crippen molar-refractivity contribution in [2.75, 3.05) is 7.11 Å². The quantitative estimate of drug-likeness (QED) is 0.660. The first-order chi connectivity index (χ1) is 6.11. The summed E-state index contributed by atoms with van der Waals surface area (Å²) in [5, 5.41) is 0. The lowest BCUT2D eigenvalue weighted by molar-refractivity contribution is -0.237. The van der Waals surface area contributed by atoms with Gasteiger partial charge < -0.3 is 9.47 Å². The summed E-state index contributed by atoms with van der Waals surface area (Å²) in [6.07, 6.45) is 1.45. The predicted molar refractivity (Wildman–Crippen MR) is 53.5 cm³/mol. The van der Waals surface area contributed by atoms with Crippen LogP contribution in [0.2, 0.25) is 0 Å². The summed E-state index contributed by atoms with van der Waals surface area (Å²) in [6, 6.07) is 0. The zero-order chi connectivity index (χ0) is 10.0. The van der Waals surface area contributed by atoms with Gasteiger partial charge in [-0.3, -0.25) is 0 Å². The summed E-state index contributed by atoms with van der Waals surface area (Å²) >= 11 is 0. The normalized spacial score (nSPS) is 46.4. The monoisotopic (exact) mass is 186 g/mol. The van der Waals surface area contributed by atoms with Crippen LogP contribution in [0.25, 0.3) is 0 Å². The molecule has 0 aromatic carbocycles. The third-order valence-corrected chi connectivity index (χ3v) is 3.62. The minimum absolute atomic E-state index is 0.00356. The average molecular weight is 186 g/mol. The fourth-order valence-corrected chi connectivity index (χ4v) is 2.22. The van der Waals surface area contributed by atoms with Gasteiger partial charge in [-0.05, 0) is 18.3 Å². The van der Waals surface area contributed by atoms with Gasteiger partial charge in [0.15, 0.2) is 6.29 Å². The lowest BCUT2D eigenvalue weighted by Gasteiger charge is -2.42. The second kappa shape index (κ2) is 4.43. The second-order valence-corrected chi connectivity index (χ2v) is 4.26. The van der Waals surface area contributed by atoms with Crippen molar-refractivity contribution in [3.8, 4) is 0 Å². The molecule has 0 N–H and O–H groups in total. The van der Waals surface area contributed by atoms with Gasteiger partial charge in [0.1, 0.15) is 0 Å². The molecule has 3 unspecified atom stereocenters. The van der Waals surface area contributed by atoms with E-state index in [-0.39, 0.29) is 6.29 Å². The van der Waals surface area contributed by atoms with E-state index in [9.17, 15) is 0 Å². The summed E-state index contributed by atoms with van der Waals surface area (Å²) in [7, 11) is 1.73. The van der Waals surface area contributed by atoms with E-state index >= 15 is 0 Å². The van der Waals surface area contributed by atoms with Gasteiger partial charge in [0.05, 0.1) is 6.10 Å². The molecule has 1 saturated heterocycles. The Balaban J connectivity index is 2.66. The van der Waals surface area contributed by atoms with Crippen LogP contribution in [0.3, 0.4) is 0 Å². The Morgan fingerprint density at radius 1 is 1.08 bits per heavy atom. The highest BCUT2D eigenvalue weighted by Gasteiger charge is 2.38. The first kappa shape index (κ1) is 11.0. The van der Waals surface area contributed by atoms with Crippen LogP contribution >= 0.6 is 0 Å². The predicted octanol–water partition coefficient (Wildman–Crippen LogP) is 2.68. The second-order valence-electron chi connectivity index (χ2n) is 4.26. The molecule has 0 amide bonds. The van der Waals surface area contributed by atoms with Crippen molar-refractivity contribution in [3.63, 3.8) is 0 Å². The van der Waals surface area contributed by atoms with Crippen molar-refractivity contribution in [1.29, 1.82) is 0 Å². The summed E-state index contributed by atoms with van der Waals surface area (Å²) in [5.74, 6) is 1.83. The van der Waals surface area contributed by atoms with E-state index in [4.69, 9.17) is 9.47 Å². The summed E-state index contributed by atoms with van der Waals surface area (Å²) in [6.45, 7) is 8.96. The smallest absolute Gasteiger partial charge is 0.160 e. The summed E-state index contributed by atoms with van der Waals surface area (Å²) < 4.78 is 11.2. The average Bonchev–Trinajstić information content (AvgIpc) is 2.15. The Labute approximate surface area is 81.6 Å². The van der Waals surface area contributed by atoms with E-state index in [1.807, 2.05) is 0 Å². The van der Waals surface area contributed by atoms with E-state index in [0.29, 0.717) is 23.9 Å². The number of hydrogen-bond acceptors (Lipinski definition) is 2. The minimum Gasteiger partial charge on any atom is -0.356 e. The molecular formula is C11H22O2. The Kier molecular flexibility index (Phi) is 3.74. The Morgan fingerprint density at radius 2 is 1.69 bits per heavy atom. The molecule has 0 aromatic heterocycles. The number of hydrogen-bond donors (Lipinski definition) is 0. The van der Waals surface area contributed by atoms with Crippen molar-refractivity contribution in [2.24, 2.45) is 17.8 Å². The van der Waals surface area contributed by atoms with Gasteiger partial charge in [-0.15, -0.1) is 0 Å². The number of rotatable bonds is 2. The molecule has 0 aliphatic carbocycles. The molecule has 1 aliphatic rings. The van der Waals surface area contributed by atoms with E-state index in [0.717, 1.165) is 6.42 Å². The van der Waals surface area contributed by atoms with E-state index in [2.05, 4.69) is 27.7 Å². The molecule has 1 aliphatic heterocycles. The fourth-order valence-electron chi connectivity index (χ4n) is 2.22. The van der Waals surface area contributed by atoms with Gasteiger partial charge >= 0.3 is 0 Å². The summed E-state index contributed by atoms with van der Waals surface area (Å²) in [4.78, 5) is 0. The molecule has 0 aromatic rings. The molecule has 1 rings (SSSR count). The molecule has 1 heterocycles. The first-order valence-electron chi connectivity index (χ1n) is 5.30. The first-order valence-corrected chi connectivity index (χ1v) is 5.30. The lowest BCUT2D eigenvalue weighted by Crippen LogP contribution is -2.45. The molecule has 2 heteroatoms. The van der Waals surface area contributed by atoms with Gasteiger partial charge in [0.25, 0.3) is 0 Å². The molecule has 0 bridgehead atoms. The highest BCUT2D eigenvalue weighted by Crippen LogP contribution is 2.36. The Morgan fingerprint density at radius 3 is 2.15 bits per heavy atom. The Hall–Kier alpha value is -0.0800. The maximum Gasteiger partial charge on any atom is 0.160 e. The van der Waals surface area contributed by atoms with Crippen molar-refractivity contribution in [2.45, 2.75) is 46.5 Å². The third kappa shape index (κ3) is 2.05. The van der Waals surface area contributed by atoms with Gasteiger partial charge in [-0.2, -0.15) is 0 Å². The molecule has 2 nitrogen and oxygen atoms in total. The maximum atomic E-state index is 5.86. The molecule has 5 atom stereocenters. The SMILES string of the molecule is CC[C@H]1OC(OC)C(C)[C@@H](C)C1C. The topological polar surface area (TPSA) is 18.5 Å². The number of methoxy groups -OCH3 is 1. The molecule has 0 radical (unpaired) electrons. The van der Waals surface area contributed by atoms with Gasteiger partial charge in [-0.1, -0.05) is 27.7 Å². The van der Waals surface area contributed by atoms with E-state index in [1.165, 1.54) is 0 Å². The van der Waals surface area contributed by atoms with E-state index in [1.54, 1.807) is 7.11 Å². The maximum absolute atomic E-state index is 5.86. The van der Waals surface area contributed by atoms with Crippen molar-refractivity contribution in [3.05, 3.63) is 0 Å². The fraction of sp³-hybridized carbons (Fsp3) is 1.00. The molecule has 78 valence electrons. The molecule has 1 fully saturated rings. The standard InChI is InChI=1S/C11H22O2/c1-6-10-8(3)7(2)9(4)11(12-5)13-10/h7-11H,6H2,1-5H3/t7-,8?,9?,10+,11?/m0/s1. The minimum atomic E-state index is -0.00356. The zero-order valence-corrected chi connectivity index (χ0v) is 9.41. The van der Waals surface area contributed by atoms with Gasteiger partial charge in [0, 0.05) is 13.0 Å². The van der Waals surface area contributed by atoms with Crippen LogP contribution in [-0.2, 0) is 9.47 Å². The van der Waals surface area contributed by atoms with Crippen molar-refractivity contribution in [1.82, 2.24) is 0 Å². The van der Waals surface area contributed by atoms with Crippen LogP contribution in [0, 0.1) is 17.8 Å². The highest BCUT2D eigenvalue weighted by molar-refractivity contribution is 4.81. The summed E-state index contributed by atoms with van der Waals surface area (Å²) in [5.41, 5.74) is 0. The van der Waals surface area contributed by atoms with Crippen molar-refractivity contribution < 1.29 is 9.47 Å². The molecule has 0 spiro atoms. The molecular weight excluding hydrogens is 164 g/mol. The van der Waals surface area contributed by atoms with Crippen LogP contribution in [0.4, 0.5) is 0 Å². The highest BCUT2D eigenvalue weighted by atomic mass is 16.7. The van der Waals surface area contributed by atoms with Crippen LogP contribution in [0.5, 0.6) is 0 Å². The van der Waals surface area contributed by atoms with Crippen LogP contribution in [0.15, 0.2) is 0 Å². The largest absolute Gasteiger partial charge is 0.356 e. The van der Waals surface area contributed by atoms with E-state index < -0.39 is 0 Å². The van der Waals surface area contributed by atoms with Crippen LogP contribution in [0.1, 0.15) is 34.1 Å².